The van der Waals surface area contributed by atoms with E-state index in [1.54, 1.807) is 36.4 Å². The molecule has 2 fully saturated rings. The summed E-state index contributed by atoms with van der Waals surface area (Å²) < 4.78 is 5.56. The summed E-state index contributed by atoms with van der Waals surface area (Å²) in [4.78, 5) is 37.4. The smallest absolute Gasteiger partial charge is 0.262 e. The number of fused-ring (bicyclic) bond motifs is 5. The number of nitrogens with one attached hydrogen (secondary N) is 1. The number of ether oxygens (including phenoxy) is 1. The maximum Gasteiger partial charge on any atom is 0.262 e. The Kier molecular flexibility index (Phi) is 4.86. The zero-order valence-electron chi connectivity index (χ0n) is 16.7. The summed E-state index contributed by atoms with van der Waals surface area (Å²) in [6, 6.07) is 16.1. The molecule has 3 aliphatic rings. The second-order valence-electron chi connectivity index (χ2n) is 8.01. The molecule has 2 aromatic carbocycles. The Hall–Kier alpha value is -3.74. The molecule has 7 heteroatoms. The van der Waals surface area contributed by atoms with Crippen LogP contribution in [0.4, 0.5) is 5.69 Å². The van der Waals surface area contributed by atoms with Gasteiger partial charge in [-0.15, -0.1) is 0 Å². The van der Waals surface area contributed by atoms with Crippen LogP contribution in [0.3, 0.4) is 0 Å². The molecular formula is C24H21N3O4. The normalized spacial score (nSPS) is 26.0. The van der Waals surface area contributed by atoms with E-state index >= 15 is 0 Å². The van der Waals surface area contributed by atoms with Crippen LogP contribution >= 0.6 is 0 Å². The van der Waals surface area contributed by atoms with E-state index in [4.69, 9.17) is 4.74 Å². The number of benzene rings is 2. The van der Waals surface area contributed by atoms with Gasteiger partial charge in [-0.2, -0.15) is 10.1 Å². The van der Waals surface area contributed by atoms with E-state index in [2.05, 4.69) is 22.6 Å². The first-order valence-corrected chi connectivity index (χ1v) is 10.3. The van der Waals surface area contributed by atoms with E-state index in [0.29, 0.717) is 17.0 Å². The lowest BCUT2D eigenvalue weighted by Crippen LogP contribution is -2.28. The van der Waals surface area contributed by atoms with E-state index in [0.717, 1.165) is 11.4 Å². The number of hydrogen-bond acceptors (Lipinski definition) is 5. The quantitative estimate of drug-likeness (QED) is 0.446. The Morgan fingerprint density at radius 3 is 2.45 bits per heavy atom. The zero-order chi connectivity index (χ0) is 21.4. The van der Waals surface area contributed by atoms with Crippen molar-refractivity contribution in [2.24, 2.45) is 28.8 Å². The van der Waals surface area contributed by atoms with E-state index in [1.165, 1.54) is 6.21 Å². The van der Waals surface area contributed by atoms with Gasteiger partial charge in [0.2, 0.25) is 0 Å². The van der Waals surface area contributed by atoms with Crippen molar-refractivity contribution in [1.82, 2.24) is 5.01 Å². The topological polar surface area (TPSA) is 88.1 Å². The number of allylic oxidation sites excluding steroid dienone is 2. The summed E-state index contributed by atoms with van der Waals surface area (Å²) in [6.45, 7) is -0.141. The third-order valence-corrected chi connectivity index (χ3v) is 6.05. The third-order valence-electron chi connectivity index (χ3n) is 6.05. The molecule has 1 aliphatic heterocycles. The Morgan fingerprint density at radius 2 is 1.74 bits per heavy atom. The van der Waals surface area contributed by atoms with Crippen molar-refractivity contribution < 1.29 is 19.1 Å². The number of hydrogen-bond donors (Lipinski definition) is 1. The fraction of sp³-hybridized carbons (Fsp3) is 0.250. The predicted molar refractivity (Wildman–Crippen MR) is 114 cm³/mol. The van der Waals surface area contributed by atoms with Gasteiger partial charge in [0.05, 0.1) is 18.1 Å². The van der Waals surface area contributed by atoms with Gasteiger partial charge in [-0.3, -0.25) is 14.4 Å². The van der Waals surface area contributed by atoms with Crippen LogP contribution in [0.15, 0.2) is 71.9 Å². The molecule has 2 aromatic rings. The molecule has 1 N–H and O–H groups in total. The number of imide groups is 1. The molecule has 7 nitrogen and oxygen atoms in total. The van der Waals surface area contributed by atoms with Gasteiger partial charge in [-0.25, -0.2) is 0 Å². The van der Waals surface area contributed by atoms with Gasteiger partial charge in [0, 0.05) is 5.69 Å². The van der Waals surface area contributed by atoms with Crippen LogP contribution in [-0.2, 0) is 14.4 Å². The standard InChI is InChI=1S/C24H21N3O4/c28-20(26-18-6-2-1-3-7-18)14-31-19-8-4-5-15(11-19)13-25-27-23(29)21-16-9-10-17(12-16)22(21)24(27)30/h1-11,13,16-17,21-22H,12,14H2,(H,26,28)/t16-,17-,21-,22+/m0/s1. The lowest BCUT2D eigenvalue weighted by atomic mass is 9.85. The van der Waals surface area contributed by atoms with Crippen LogP contribution in [-0.4, -0.2) is 35.6 Å². The fourth-order valence-electron chi connectivity index (χ4n) is 4.68. The summed E-state index contributed by atoms with van der Waals surface area (Å²) in [5.74, 6) is -0.425. The lowest BCUT2D eigenvalue weighted by molar-refractivity contribution is -0.140. The second kappa shape index (κ2) is 7.83. The first-order valence-electron chi connectivity index (χ1n) is 10.3. The average Bonchev–Trinajstić information content (AvgIpc) is 3.46. The first-order chi connectivity index (χ1) is 15.1. The number of anilines is 1. The monoisotopic (exact) mass is 415 g/mol. The first kappa shape index (κ1) is 19.2. The number of nitrogens with zero attached hydrogens (tertiary/aromatic N) is 2. The van der Waals surface area contributed by atoms with Gasteiger partial charge < -0.3 is 10.1 Å². The Bertz CT molecular complexity index is 1070. The van der Waals surface area contributed by atoms with Crippen LogP contribution in [0.1, 0.15) is 12.0 Å². The number of carbonyl (C=O) groups is 3. The molecule has 4 atom stereocenters. The summed E-state index contributed by atoms with van der Waals surface area (Å²) in [7, 11) is 0. The highest BCUT2D eigenvalue weighted by molar-refractivity contribution is 6.06. The molecular weight excluding hydrogens is 394 g/mol. The Balaban J connectivity index is 1.21. The van der Waals surface area contributed by atoms with Crippen LogP contribution in [0.5, 0.6) is 5.75 Å². The summed E-state index contributed by atoms with van der Waals surface area (Å²) in [6.07, 6.45) is 6.47. The summed E-state index contributed by atoms with van der Waals surface area (Å²) in [5.41, 5.74) is 1.37. The number of para-hydroxylation sites is 1. The molecule has 2 bridgehead atoms. The second-order valence-corrected chi connectivity index (χ2v) is 8.01. The number of amides is 3. The number of hydrazone groups is 1. The molecule has 3 amide bonds. The van der Waals surface area contributed by atoms with Gasteiger partial charge >= 0.3 is 0 Å². The van der Waals surface area contributed by atoms with Gasteiger partial charge in [-0.05, 0) is 48.1 Å². The highest BCUT2D eigenvalue weighted by Gasteiger charge is 2.59. The average molecular weight is 415 g/mol. The lowest BCUT2D eigenvalue weighted by Gasteiger charge is -2.13. The van der Waals surface area contributed by atoms with E-state index < -0.39 is 0 Å². The van der Waals surface area contributed by atoms with Crippen molar-refractivity contribution in [3.63, 3.8) is 0 Å². The van der Waals surface area contributed by atoms with Crippen molar-refractivity contribution in [1.29, 1.82) is 0 Å². The van der Waals surface area contributed by atoms with Gasteiger partial charge in [0.15, 0.2) is 6.61 Å². The van der Waals surface area contributed by atoms with Gasteiger partial charge in [0.25, 0.3) is 17.7 Å². The summed E-state index contributed by atoms with van der Waals surface area (Å²) >= 11 is 0. The molecule has 0 aromatic heterocycles. The number of carbonyl (C=O) groups excluding carboxylic acids is 3. The van der Waals surface area contributed by atoms with Crippen molar-refractivity contribution >= 4 is 29.6 Å². The number of rotatable bonds is 6. The van der Waals surface area contributed by atoms with E-state index in [1.807, 2.05) is 18.2 Å². The fourth-order valence-corrected chi connectivity index (χ4v) is 4.68. The molecule has 2 aliphatic carbocycles. The predicted octanol–water partition coefficient (Wildman–Crippen LogP) is 2.85. The van der Waals surface area contributed by atoms with Crippen molar-refractivity contribution in [3.8, 4) is 5.75 Å². The highest BCUT2D eigenvalue weighted by Crippen LogP contribution is 2.52. The molecule has 1 saturated heterocycles. The Morgan fingerprint density at radius 1 is 1.03 bits per heavy atom. The van der Waals surface area contributed by atoms with Crippen molar-refractivity contribution in [3.05, 3.63) is 72.3 Å². The van der Waals surface area contributed by atoms with Crippen LogP contribution in [0, 0.1) is 23.7 Å². The maximum atomic E-state index is 12.7. The molecule has 0 unspecified atom stereocenters. The van der Waals surface area contributed by atoms with Crippen LogP contribution < -0.4 is 10.1 Å². The van der Waals surface area contributed by atoms with Crippen molar-refractivity contribution in [2.75, 3.05) is 11.9 Å². The van der Waals surface area contributed by atoms with E-state index in [-0.39, 0.29) is 48.0 Å². The molecule has 1 heterocycles. The molecule has 1 saturated carbocycles. The Labute approximate surface area is 179 Å². The van der Waals surface area contributed by atoms with Gasteiger partial charge in [-0.1, -0.05) is 42.5 Å². The minimum atomic E-state index is -0.270. The molecule has 156 valence electrons. The molecule has 31 heavy (non-hydrogen) atoms. The largest absolute Gasteiger partial charge is 0.484 e. The van der Waals surface area contributed by atoms with Crippen LogP contribution in [0.2, 0.25) is 0 Å². The zero-order valence-corrected chi connectivity index (χ0v) is 16.7. The van der Waals surface area contributed by atoms with Gasteiger partial charge in [0.1, 0.15) is 5.75 Å². The van der Waals surface area contributed by atoms with E-state index in [9.17, 15) is 14.4 Å². The van der Waals surface area contributed by atoms with Crippen molar-refractivity contribution in [2.45, 2.75) is 6.42 Å². The molecule has 5 rings (SSSR count). The van der Waals surface area contributed by atoms with Crippen LogP contribution in [0.25, 0.3) is 0 Å². The molecule has 0 spiro atoms. The summed E-state index contributed by atoms with van der Waals surface area (Å²) in [5, 5.41) is 7.94. The minimum Gasteiger partial charge on any atom is -0.484 e. The highest BCUT2D eigenvalue weighted by atomic mass is 16.5. The minimum absolute atomic E-state index is 0.141. The SMILES string of the molecule is O=C(COc1cccc(C=NN2C(=O)[C@@H]3[C@H](C2=O)[C@H]2C=C[C@H]3C2)c1)Nc1ccccc1. The molecule has 0 radical (unpaired) electrons. The third kappa shape index (κ3) is 3.63. The maximum absolute atomic E-state index is 12.7.